The molecule has 6 heteroatoms. The van der Waals surface area contributed by atoms with E-state index >= 15 is 0 Å². The maximum absolute atomic E-state index is 11.8. The molecule has 1 heterocycles. The maximum Gasteiger partial charge on any atom is 0.253 e. The Balaban J connectivity index is 1.60. The van der Waals surface area contributed by atoms with Crippen molar-refractivity contribution < 1.29 is 0 Å². The van der Waals surface area contributed by atoms with Crippen molar-refractivity contribution in [1.29, 1.82) is 5.26 Å². The van der Waals surface area contributed by atoms with Crippen LogP contribution >= 0.6 is 0 Å². The minimum atomic E-state index is -0.363. The summed E-state index contributed by atoms with van der Waals surface area (Å²) in [5.74, 6) is 0.671. The number of nitrogens with zero attached hydrogens (tertiary/aromatic N) is 3. The van der Waals surface area contributed by atoms with Gasteiger partial charge in [0.1, 0.15) is 11.4 Å². The fraction of sp³-hybridized carbons (Fsp3) is 0.667. The molecule has 112 valence electrons. The molecule has 1 aliphatic heterocycles. The fourth-order valence-electron chi connectivity index (χ4n) is 2.82. The van der Waals surface area contributed by atoms with E-state index in [1.54, 1.807) is 0 Å². The molecule has 1 saturated heterocycles. The molecule has 0 amide bonds. The van der Waals surface area contributed by atoms with E-state index in [0.29, 0.717) is 23.7 Å². The lowest BCUT2D eigenvalue weighted by atomic mass is 10.1. The van der Waals surface area contributed by atoms with E-state index in [1.165, 1.54) is 12.8 Å². The van der Waals surface area contributed by atoms with Crippen LogP contribution in [0, 0.1) is 17.2 Å². The van der Waals surface area contributed by atoms with E-state index in [9.17, 15) is 9.59 Å². The third kappa shape index (κ3) is 2.93. The Kier molecular flexibility index (Phi) is 3.93. The average molecular weight is 288 g/mol. The molecule has 21 heavy (non-hydrogen) atoms. The first-order valence-electron chi connectivity index (χ1n) is 7.62. The van der Waals surface area contributed by atoms with Crippen LogP contribution in [0.25, 0.3) is 0 Å². The SMILES string of the molecule is N#CCCN1CCN(c2c(NCC3CC3)c(=O)c2=O)CC1. The molecule has 3 rings (SSSR count). The zero-order valence-electron chi connectivity index (χ0n) is 12.1. The van der Waals surface area contributed by atoms with Gasteiger partial charge in [0, 0.05) is 45.7 Å². The second kappa shape index (κ2) is 5.86. The smallest absolute Gasteiger partial charge is 0.253 e. The van der Waals surface area contributed by atoms with Crippen molar-refractivity contribution >= 4 is 11.4 Å². The highest BCUT2D eigenvalue weighted by Crippen LogP contribution is 2.30. The number of hydrogen-bond donors (Lipinski definition) is 1. The summed E-state index contributed by atoms with van der Waals surface area (Å²) in [4.78, 5) is 27.8. The van der Waals surface area contributed by atoms with Crippen LogP contribution in [0.5, 0.6) is 0 Å². The number of hydrogen-bond acceptors (Lipinski definition) is 6. The molecule has 1 aromatic carbocycles. The van der Waals surface area contributed by atoms with Crippen molar-refractivity contribution in [1.82, 2.24) is 4.90 Å². The molecular weight excluding hydrogens is 268 g/mol. The van der Waals surface area contributed by atoms with Gasteiger partial charge >= 0.3 is 0 Å². The first-order valence-corrected chi connectivity index (χ1v) is 7.62. The normalized spacial score (nSPS) is 19.7. The Bertz CT molecular complexity index is 614. The molecular formula is C15H20N4O2. The van der Waals surface area contributed by atoms with Gasteiger partial charge in [-0.3, -0.25) is 14.5 Å². The zero-order valence-corrected chi connectivity index (χ0v) is 12.1. The highest BCUT2D eigenvalue weighted by atomic mass is 16.2. The van der Waals surface area contributed by atoms with Gasteiger partial charge in [-0.2, -0.15) is 5.26 Å². The quantitative estimate of drug-likeness (QED) is 0.750. The van der Waals surface area contributed by atoms with Crippen molar-refractivity contribution in [2.24, 2.45) is 5.92 Å². The van der Waals surface area contributed by atoms with Gasteiger partial charge in [-0.1, -0.05) is 0 Å². The number of nitriles is 1. The van der Waals surface area contributed by atoms with Crippen LogP contribution in [0.2, 0.25) is 0 Å². The first kappa shape index (κ1) is 14.1. The molecule has 1 saturated carbocycles. The lowest BCUT2D eigenvalue weighted by Gasteiger charge is -2.36. The summed E-state index contributed by atoms with van der Waals surface area (Å²) < 4.78 is 0. The van der Waals surface area contributed by atoms with Crippen LogP contribution in [-0.4, -0.2) is 44.2 Å². The van der Waals surface area contributed by atoms with Crippen molar-refractivity contribution in [3.63, 3.8) is 0 Å². The van der Waals surface area contributed by atoms with Crippen LogP contribution in [0.3, 0.4) is 0 Å². The second-order valence-corrected chi connectivity index (χ2v) is 5.94. The molecule has 0 unspecified atom stereocenters. The summed E-state index contributed by atoms with van der Waals surface area (Å²) in [6, 6.07) is 2.15. The van der Waals surface area contributed by atoms with Crippen LogP contribution in [0.4, 0.5) is 11.4 Å². The van der Waals surface area contributed by atoms with Gasteiger partial charge in [-0.15, -0.1) is 0 Å². The van der Waals surface area contributed by atoms with Gasteiger partial charge in [0.15, 0.2) is 0 Å². The van der Waals surface area contributed by atoms with Crippen LogP contribution in [0.1, 0.15) is 19.3 Å². The Morgan fingerprint density at radius 3 is 2.48 bits per heavy atom. The summed E-state index contributed by atoms with van der Waals surface area (Å²) in [7, 11) is 0. The number of piperazine rings is 1. The van der Waals surface area contributed by atoms with Crippen LogP contribution in [-0.2, 0) is 0 Å². The van der Waals surface area contributed by atoms with E-state index in [4.69, 9.17) is 5.26 Å². The number of rotatable bonds is 6. The lowest BCUT2D eigenvalue weighted by molar-refractivity contribution is 0.263. The van der Waals surface area contributed by atoms with Gasteiger partial charge in [0.05, 0.1) is 6.07 Å². The average Bonchev–Trinajstić information content (AvgIpc) is 3.33. The first-order chi connectivity index (χ1) is 10.2. The standard InChI is InChI=1S/C15H20N4O2/c16-4-1-5-18-6-8-19(9-7-18)13-12(14(20)15(13)21)17-10-11-2-3-11/h11,17H,1-3,5-10H2. The molecule has 0 radical (unpaired) electrons. The monoisotopic (exact) mass is 288 g/mol. The Morgan fingerprint density at radius 2 is 1.86 bits per heavy atom. The van der Waals surface area contributed by atoms with Gasteiger partial charge in [0.25, 0.3) is 10.9 Å². The van der Waals surface area contributed by atoms with Gasteiger partial charge in [-0.05, 0) is 18.8 Å². The summed E-state index contributed by atoms with van der Waals surface area (Å²) in [5.41, 5.74) is 0.397. The highest BCUT2D eigenvalue weighted by Gasteiger charge is 2.29. The van der Waals surface area contributed by atoms with Gasteiger partial charge in [-0.25, -0.2) is 0 Å². The molecule has 1 N–H and O–H groups in total. The van der Waals surface area contributed by atoms with Gasteiger partial charge < -0.3 is 10.2 Å². The largest absolute Gasteiger partial charge is 0.380 e. The molecule has 0 aromatic heterocycles. The highest BCUT2D eigenvalue weighted by molar-refractivity contribution is 5.75. The maximum atomic E-state index is 11.8. The van der Waals surface area contributed by atoms with E-state index in [0.717, 1.165) is 39.3 Å². The topological polar surface area (TPSA) is 76.4 Å². The summed E-state index contributed by atoms with van der Waals surface area (Å²) in [5, 5.41) is 11.8. The Hall–Kier alpha value is -1.87. The third-order valence-corrected chi connectivity index (χ3v) is 4.38. The van der Waals surface area contributed by atoms with Crippen molar-refractivity contribution in [3.05, 3.63) is 20.4 Å². The third-order valence-electron chi connectivity index (χ3n) is 4.38. The van der Waals surface area contributed by atoms with Gasteiger partial charge in [0.2, 0.25) is 0 Å². The summed E-state index contributed by atoms with van der Waals surface area (Å²) in [6.07, 6.45) is 2.97. The number of anilines is 2. The molecule has 6 nitrogen and oxygen atoms in total. The van der Waals surface area contributed by atoms with Crippen LogP contribution in [0.15, 0.2) is 9.59 Å². The molecule has 0 spiro atoms. The molecule has 0 bridgehead atoms. The Labute approximate surface area is 123 Å². The predicted octanol–water partition coefficient (Wildman–Crippen LogP) is 0.140. The van der Waals surface area contributed by atoms with E-state index in [1.807, 2.05) is 4.90 Å². The second-order valence-electron chi connectivity index (χ2n) is 5.94. The molecule has 1 aliphatic carbocycles. The predicted molar refractivity (Wildman–Crippen MR) is 81.5 cm³/mol. The zero-order chi connectivity index (χ0) is 14.8. The minimum absolute atomic E-state index is 0.348. The number of nitrogens with one attached hydrogen (secondary N) is 1. The van der Waals surface area contributed by atoms with Crippen molar-refractivity contribution in [3.8, 4) is 6.07 Å². The lowest BCUT2D eigenvalue weighted by Crippen LogP contribution is -2.51. The Morgan fingerprint density at radius 1 is 1.14 bits per heavy atom. The fourth-order valence-corrected chi connectivity index (χ4v) is 2.82. The van der Waals surface area contributed by atoms with E-state index in [-0.39, 0.29) is 10.9 Å². The molecule has 2 fully saturated rings. The van der Waals surface area contributed by atoms with E-state index in [2.05, 4.69) is 16.3 Å². The van der Waals surface area contributed by atoms with Crippen molar-refractivity contribution in [2.45, 2.75) is 19.3 Å². The summed E-state index contributed by atoms with van der Waals surface area (Å²) >= 11 is 0. The molecule has 2 aliphatic rings. The molecule has 1 aromatic rings. The summed E-state index contributed by atoms with van der Waals surface area (Å²) in [6.45, 7) is 4.75. The van der Waals surface area contributed by atoms with E-state index < -0.39 is 0 Å². The minimum Gasteiger partial charge on any atom is -0.380 e. The molecule has 0 atom stereocenters. The van der Waals surface area contributed by atoms with Crippen LogP contribution < -0.4 is 21.1 Å². The van der Waals surface area contributed by atoms with Crippen molar-refractivity contribution in [2.75, 3.05) is 49.5 Å².